The standard InChI is InChI=1S/C22H21F3N4O4S/c1-12-8-13(10-14(9-12)27-19-26-7-2-16(29-19)22(23,24)25)15-11-34-17(28-15)20(32)3-5-21(33,6-4-20)18(30)31/h2,7-11,32-33H,3-6H2,1H3,(H,30,31)(H,26,27,29). The number of aliphatic hydroxyl groups is 2. The van der Waals surface area contributed by atoms with E-state index in [1.54, 1.807) is 17.5 Å². The smallest absolute Gasteiger partial charge is 0.433 e. The number of alkyl halides is 3. The van der Waals surface area contributed by atoms with E-state index in [0.717, 1.165) is 17.8 Å². The minimum Gasteiger partial charge on any atom is -0.479 e. The molecule has 12 heteroatoms. The van der Waals surface area contributed by atoms with Crippen LogP contribution in [0.25, 0.3) is 11.3 Å². The van der Waals surface area contributed by atoms with Crippen LogP contribution in [0.5, 0.6) is 0 Å². The topological polar surface area (TPSA) is 128 Å². The second kappa shape index (κ2) is 8.60. The minimum atomic E-state index is -4.59. The van der Waals surface area contributed by atoms with Gasteiger partial charge in [0, 0.05) is 22.8 Å². The zero-order chi connectivity index (χ0) is 24.7. The summed E-state index contributed by atoms with van der Waals surface area (Å²) in [5, 5.41) is 35.3. The normalized spacial score (nSPS) is 23.0. The van der Waals surface area contributed by atoms with Crippen LogP contribution in [0, 0.1) is 6.92 Å². The van der Waals surface area contributed by atoms with Crippen LogP contribution >= 0.6 is 11.3 Å². The zero-order valence-corrected chi connectivity index (χ0v) is 18.7. The van der Waals surface area contributed by atoms with Gasteiger partial charge in [0.05, 0.1) is 5.69 Å². The lowest BCUT2D eigenvalue weighted by Gasteiger charge is -2.37. The Morgan fingerprint density at radius 3 is 2.47 bits per heavy atom. The van der Waals surface area contributed by atoms with Gasteiger partial charge in [-0.2, -0.15) is 13.2 Å². The van der Waals surface area contributed by atoms with Crippen molar-refractivity contribution in [2.24, 2.45) is 0 Å². The van der Waals surface area contributed by atoms with Crippen molar-refractivity contribution in [1.29, 1.82) is 0 Å². The highest BCUT2D eigenvalue weighted by Gasteiger charge is 2.47. The highest BCUT2D eigenvalue weighted by Crippen LogP contribution is 2.43. The van der Waals surface area contributed by atoms with Crippen molar-refractivity contribution in [3.8, 4) is 11.3 Å². The Balaban J connectivity index is 1.56. The third-order valence-electron chi connectivity index (χ3n) is 5.78. The van der Waals surface area contributed by atoms with Crippen LogP contribution in [0.4, 0.5) is 24.8 Å². The van der Waals surface area contributed by atoms with Gasteiger partial charge in [0.2, 0.25) is 5.95 Å². The number of aliphatic carboxylic acids is 1. The molecule has 0 bridgehead atoms. The second-order valence-corrected chi connectivity index (χ2v) is 9.24. The van der Waals surface area contributed by atoms with E-state index in [4.69, 9.17) is 0 Å². The van der Waals surface area contributed by atoms with Gasteiger partial charge >= 0.3 is 12.1 Å². The average molecular weight is 494 g/mol. The number of carbonyl (C=O) groups is 1. The highest BCUT2D eigenvalue weighted by molar-refractivity contribution is 7.10. The van der Waals surface area contributed by atoms with Crippen molar-refractivity contribution in [1.82, 2.24) is 15.0 Å². The number of thiazole rings is 1. The van der Waals surface area contributed by atoms with E-state index in [9.17, 15) is 33.3 Å². The van der Waals surface area contributed by atoms with Gasteiger partial charge in [0.25, 0.3) is 0 Å². The SMILES string of the molecule is Cc1cc(Nc2nccc(C(F)(F)F)n2)cc(-c2csc(C3(O)CCC(O)(C(=O)O)CC3)n2)c1. The minimum absolute atomic E-state index is 0.0518. The molecule has 180 valence electrons. The number of carboxylic acids is 1. The van der Waals surface area contributed by atoms with E-state index in [0.29, 0.717) is 22.0 Å². The molecule has 4 N–H and O–H groups in total. The van der Waals surface area contributed by atoms with Gasteiger partial charge < -0.3 is 20.6 Å². The number of hydrogen-bond donors (Lipinski definition) is 4. The molecule has 1 fully saturated rings. The van der Waals surface area contributed by atoms with Crippen molar-refractivity contribution < 1.29 is 33.3 Å². The molecule has 1 aliphatic rings. The monoisotopic (exact) mass is 494 g/mol. The Labute approximate surface area is 196 Å². The Kier molecular flexibility index (Phi) is 6.08. The molecule has 1 saturated carbocycles. The molecular weight excluding hydrogens is 473 g/mol. The highest BCUT2D eigenvalue weighted by atomic mass is 32.1. The third-order valence-corrected chi connectivity index (χ3v) is 6.82. The molecule has 4 rings (SSSR count). The number of nitrogens with zero attached hydrogens (tertiary/aromatic N) is 3. The van der Waals surface area contributed by atoms with E-state index in [-0.39, 0.29) is 31.6 Å². The first-order valence-corrected chi connectivity index (χ1v) is 11.2. The first kappa shape index (κ1) is 24.0. The van der Waals surface area contributed by atoms with E-state index in [2.05, 4.69) is 20.3 Å². The number of aromatic nitrogens is 3. The molecular formula is C22H21F3N4O4S. The lowest BCUT2D eigenvalue weighted by Crippen LogP contribution is -2.46. The summed E-state index contributed by atoms with van der Waals surface area (Å²) in [6.07, 6.45) is -3.65. The van der Waals surface area contributed by atoms with Gasteiger partial charge in [-0.3, -0.25) is 0 Å². The molecule has 0 amide bonds. The number of halogens is 3. The number of hydrogen-bond acceptors (Lipinski definition) is 8. The van der Waals surface area contributed by atoms with Crippen molar-refractivity contribution >= 4 is 28.9 Å². The molecule has 0 atom stereocenters. The summed E-state index contributed by atoms with van der Waals surface area (Å²) in [7, 11) is 0. The maximum absolute atomic E-state index is 12.9. The molecule has 0 unspecified atom stereocenters. The number of anilines is 2. The number of benzene rings is 1. The second-order valence-electron chi connectivity index (χ2n) is 8.38. The Morgan fingerprint density at radius 1 is 1.12 bits per heavy atom. The average Bonchev–Trinajstić information content (AvgIpc) is 3.26. The first-order chi connectivity index (χ1) is 15.9. The molecule has 0 spiro atoms. The predicted molar refractivity (Wildman–Crippen MR) is 118 cm³/mol. The molecule has 0 saturated heterocycles. The van der Waals surface area contributed by atoms with Crippen molar-refractivity contribution in [2.45, 2.75) is 50.0 Å². The van der Waals surface area contributed by atoms with E-state index in [1.807, 2.05) is 13.0 Å². The molecule has 1 aliphatic carbocycles. The summed E-state index contributed by atoms with van der Waals surface area (Å²) >= 11 is 1.22. The molecule has 34 heavy (non-hydrogen) atoms. The largest absolute Gasteiger partial charge is 0.479 e. The summed E-state index contributed by atoms with van der Waals surface area (Å²) in [5.41, 5.74) is -1.77. The Hall–Kier alpha value is -3.09. The van der Waals surface area contributed by atoms with Crippen molar-refractivity contribution in [3.05, 3.63) is 52.1 Å². The predicted octanol–water partition coefficient (Wildman–Crippen LogP) is 4.25. The molecule has 8 nitrogen and oxygen atoms in total. The molecule has 0 radical (unpaired) electrons. The van der Waals surface area contributed by atoms with Gasteiger partial charge in [-0.15, -0.1) is 11.3 Å². The number of rotatable bonds is 5. The maximum atomic E-state index is 12.9. The van der Waals surface area contributed by atoms with Crippen molar-refractivity contribution in [2.75, 3.05) is 5.32 Å². The number of aryl methyl sites for hydroxylation is 1. The molecule has 2 heterocycles. The van der Waals surface area contributed by atoms with Gasteiger partial charge in [0.1, 0.15) is 16.3 Å². The van der Waals surface area contributed by atoms with Crippen LogP contribution in [0.3, 0.4) is 0 Å². The van der Waals surface area contributed by atoms with Crippen LogP contribution in [-0.2, 0) is 16.6 Å². The number of carboxylic acid groups (broad SMARTS) is 1. The fraction of sp³-hybridized carbons (Fsp3) is 0.364. The van der Waals surface area contributed by atoms with E-state index < -0.39 is 29.0 Å². The van der Waals surface area contributed by atoms with Crippen LogP contribution in [0.1, 0.15) is 41.9 Å². The van der Waals surface area contributed by atoms with Gasteiger partial charge in [0.15, 0.2) is 5.60 Å². The zero-order valence-electron chi connectivity index (χ0n) is 17.9. The maximum Gasteiger partial charge on any atom is 0.433 e. The van der Waals surface area contributed by atoms with Gasteiger partial charge in [-0.1, -0.05) is 0 Å². The Morgan fingerprint density at radius 2 is 1.82 bits per heavy atom. The summed E-state index contributed by atoms with van der Waals surface area (Å²) in [5.74, 6) is -1.51. The third kappa shape index (κ3) is 4.88. The summed E-state index contributed by atoms with van der Waals surface area (Å²) in [4.78, 5) is 23.2. The molecule has 1 aromatic carbocycles. The van der Waals surface area contributed by atoms with Gasteiger partial charge in [-0.25, -0.2) is 19.7 Å². The fourth-order valence-electron chi connectivity index (χ4n) is 3.83. The van der Waals surface area contributed by atoms with E-state index >= 15 is 0 Å². The summed E-state index contributed by atoms with van der Waals surface area (Å²) < 4.78 is 38.8. The van der Waals surface area contributed by atoms with Crippen molar-refractivity contribution in [3.63, 3.8) is 0 Å². The Bertz CT molecular complexity index is 1220. The lowest BCUT2D eigenvalue weighted by atomic mass is 9.76. The van der Waals surface area contributed by atoms with E-state index in [1.165, 1.54) is 11.3 Å². The number of nitrogens with one attached hydrogen (secondary N) is 1. The summed E-state index contributed by atoms with van der Waals surface area (Å²) in [6, 6.07) is 6.04. The van der Waals surface area contributed by atoms with Crippen LogP contribution < -0.4 is 5.32 Å². The van der Waals surface area contributed by atoms with Crippen LogP contribution in [-0.4, -0.2) is 41.8 Å². The fourth-order valence-corrected chi connectivity index (χ4v) is 4.82. The molecule has 0 aliphatic heterocycles. The summed E-state index contributed by atoms with van der Waals surface area (Å²) in [6.45, 7) is 1.82. The quantitative estimate of drug-likeness (QED) is 0.415. The van der Waals surface area contributed by atoms with Crippen LogP contribution in [0.15, 0.2) is 35.8 Å². The molecule has 3 aromatic rings. The molecule has 2 aromatic heterocycles. The van der Waals surface area contributed by atoms with Crippen LogP contribution in [0.2, 0.25) is 0 Å². The lowest BCUT2D eigenvalue weighted by molar-refractivity contribution is -0.168. The first-order valence-electron chi connectivity index (χ1n) is 10.3. The van der Waals surface area contributed by atoms with Gasteiger partial charge in [-0.05, 0) is 62.4 Å².